The van der Waals surface area contributed by atoms with Crippen LogP contribution in [0.2, 0.25) is 0 Å². The molecule has 8 nitrogen and oxygen atoms in total. The van der Waals surface area contributed by atoms with Crippen LogP contribution in [0.25, 0.3) is 5.69 Å². The molecule has 0 bridgehead atoms. The van der Waals surface area contributed by atoms with Gasteiger partial charge in [-0.3, -0.25) is 0 Å². The van der Waals surface area contributed by atoms with Crippen LogP contribution < -0.4 is 10.1 Å². The van der Waals surface area contributed by atoms with E-state index in [4.69, 9.17) is 9.47 Å². The summed E-state index contributed by atoms with van der Waals surface area (Å²) in [5, 5.41) is 13.9. The fourth-order valence-corrected chi connectivity index (χ4v) is 1.57. The Hall–Kier alpha value is -2.64. The molecule has 0 aliphatic heterocycles. The van der Waals surface area contributed by atoms with Crippen LogP contribution in [0.4, 0.5) is 4.79 Å². The van der Waals surface area contributed by atoms with E-state index >= 15 is 0 Å². The minimum absolute atomic E-state index is 0.178. The van der Waals surface area contributed by atoms with Crippen molar-refractivity contribution in [2.45, 2.75) is 13.5 Å². The van der Waals surface area contributed by atoms with Gasteiger partial charge in [0.05, 0.1) is 25.9 Å². The van der Waals surface area contributed by atoms with Crippen LogP contribution in [0, 0.1) is 0 Å². The fraction of sp³-hybridized carbons (Fsp3) is 0.333. The van der Waals surface area contributed by atoms with Crippen molar-refractivity contribution in [2.24, 2.45) is 0 Å². The van der Waals surface area contributed by atoms with Gasteiger partial charge in [-0.1, -0.05) is 0 Å². The third kappa shape index (κ3) is 3.22. The van der Waals surface area contributed by atoms with Crippen LogP contribution in [0.15, 0.2) is 24.3 Å². The molecule has 106 valence electrons. The predicted molar refractivity (Wildman–Crippen MR) is 69.6 cm³/mol. The van der Waals surface area contributed by atoms with Crippen LogP contribution in [0.1, 0.15) is 12.7 Å². The van der Waals surface area contributed by atoms with E-state index in [2.05, 4.69) is 20.8 Å². The number of benzene rings is 1. The second kappa shape index (κ2) is 6.50. The van der Waals surface area contributed by atoms with Gasteiger partial charge >= 0.3 is 6.09 Å². The summed E-state index contributed by atoms with van der Waals surface area (Å²) in [6.45, 7) is 2.23. The molecule has 8 heteroatoms. The SMILES string of the molecule is CCOC(=O)NCc1nnnn1-c1ccc(OC)cc1. The second-order valence-electron chi connectivity index (χ2n) is 3.78. The summed E-state index contributed by atoms with van der Waals surface area (Å²) in [4.78, 5) is 11.2. The molecular formula is C12H15N5O3. The Balaban J connectivity index is 2.09. The molecule has 1 aromatic heterocycles. The highest BCUT2D eigenvalue weighted by Crippen LogP contribution is 2.14. The van der Waals surface area contributed by atoms with Crippen LogP contribution in [0.5, 0.6) is 5.75 Å². The molecule has 1 heterocycles. The molecule has 1 N–H and O–H groups in total. The van der Waals surface area contributed by atoms with Crippen molar-refractivity contribution in [1.29, 1.82) is 0 Å². The topological polar surface area (TPSA) is 91.2 Å². The van der Waals surface area contributed by atoms with E-state index in [-0.39, 0.29) is 6.54 Å². The van der Waals surface area contributed by atoms with Crippen molar-refractivity contribution < 1.29 is 14.3 Å². The first-order valence-electron chi connectivity index (χ1n) is 6.07. The standard InChI is InChI=1S/C12H15N5O3/c1-3-20-12(18)13-8-11-14-15-16-17(11)9-4-6-10(19-2)7-5-9/h4-7H,3,8H2,1-2H3,(H,13,18). The molecule has 20 heavy (non-hydrogen) atoms. The maximum absolute atomic E-state index is 11.2. The lowest BCUT2D eigenvalue weighted by molar-refractivity contribution is 0.151. The van der Waals surface area contributed by atoms with E-state index in [1.807, 2.05) is 12.1 Å². The van der Waals surface area contributed by atoms with E-state index in [0.29, 0.717) is 12.4 Å². The zero-order valence-electron chi connectivity index (χ0n) is 11.2. The number of carbonyl (C=O) groups excluding carboxylic acids is 1. The molecule has 0 aliphatic carbocycles. The Labute approximate surface area is 115 Å². The number of rotatable bonds is 5. The quantitative estimate of drug-likeness (QED) is 0.873. The van der Waals surface area contributed by atoms with Gasteiger partial charge in [-0.25, -0.2) is 4.79 Å². The number of amides is 1. The van der Waals surface area contributed by atoms with Gasteiger partial charge in [0.1, 0.15) is 5.75 Å². The average molecular weight is 277 g/mol. The maximum atomic E-state index is 11.2. The molecule has 0 unspecified atom stereocenters. The van der Waals surface area contributed by atoms with E-state index in [1.165, 1.54) is 4.68 Å². The number of nitrogens with one attached hydrogen (secondary N) is 1. The van der Waals surface area contributed by atoms with Gasteiger partial charge in [-0.2, -0.15) is 4.68 Å². The van der Waals surface area contributed by atoms with Gasteiger partial charge in [0.2, 0.25) is 0 Å². The summed E-state index contributed by atoms with van der Waals surface area (Å²) in [6, 6.07) is 7.26. The Bertz CT molecular complexity index is 567. The number of alkyl carbamates (subject to hydrolysis) is 1. The number of hydrogen-bond acceptors (Lipinski definition) is 6. The summed E-state index contributed by atoms with van der Waals surface area (Å²) in [6.07, 6.45) is -0.503. The van der Waals surface area contributed by atoms with Crippen molar-refractivity contribution in [3.8, 4) is 11.4 Å². The minimum Gasteiger partial charge on any atom is -0.497 e. The van der Waals surface area contributed by atoms with E-state index in [0.717, 1.165) is 11.4 Å². The zero-order valence-corrected chi connectivity index (χ0v) is 11.2. The highest BCUT2D eigenvalue weighted by molar-refractivity contribution is 5.66. The molecule has 0 atom stereocenters. The number of tetrazole rings is 1. The Morgan fingerprint density at radius 3 is 2.75 bits per heavy atom. The summed E-state index contributed by atoms with van der Waals surface area (Å²) in [7, 11) is 1.60. The number of nitrogens with zero attached hydrogens (tertiary/aromatic N) is 4. The van der Waals surface area contributed by atoms with Gasteiger partial charge < -0.3 is 14.8 Å². The lowest BCUT2D eigenvalue weighted by Gasteiger charge is -2.07. The van der Waals surface area contributed by atoms with Gasteiger partial charge in [-0.05, 0) is 41.6 Å². The van der Waals surface area contributed by atoms with Gasteiger partial charge in [0.15, 0.2) is 5.82 Å². The number of methoxy groups -OCH3 is 1. The molecule has 1 amide bonds. The van der Waals surface area contributed by atoms with Crippen LogP contribution >= 0.6 is 0 Å². The fourth-order valence-electron chi connectivity index (χ4n) is 1.57. The smallest absolute Gasteiger partial charge is 0.407 e. The molecule has 2 aromatic rings. The van der Waals surface area contributed by atoms with Gasteiger partial charge in [-0.15, -0.1) is 5.10 Å². The number of aromatic nitrogens is 4. The first kappa shape index (κ1) is 13.8. The summed E-state index contributed by atoms with van der Waals surface area (Å²) in [5.41, 5.74) is 0.774. The van der Waals surface area contributed by atoms with Crippen molar-refractivity contribution >= 4 is 6.09 Å². The molecule has 0 fully saturated rings. The monoisotopic (exact) mass is 277 g/mol. The number of hydrogen-bond donors (Lipinski definition) is 1. The average Bonchev–Trinajstić information content (AvgIpc) is 2.94. The van der Waals surface area contributed by atoms with Crippen molar-refractivity contribution in [3.63, 3.8) is 0 Å². The van der Waals surface area contributed by atoms with E-state index in [1.54, 1.807) is 26.2 Å². The molecule has 0 saturated carbocycles. The van der Waals surface area contributed by atoms with Crippen LogP contribution in [-0.2, 0) is 11.3 Å². The molecule has 1 aromatic carbocycles. The number of ether oxygens (including phenoxy) is 2. The van der Waals surface area contributed by atoms with E-state index < -0.39 is 6.09 Å². The highest BCUT2D eigenvalue weighted by atomic mass is 16.5. The molecule has 2 rings (SSSR count). The second-order valence-corrected chi connectivity index (χ2v) is 3.78. The lowest BCUT2D eigenvalue weighted by Crippen LogP contribution is -2.25. The Morgan fingerprint density at radius 1 is 1.35 bits per heavy atom. The Kier molecular flexibility index (Phi) is 4.48. The first-order valence-corrected chi connectivity index (χ1v) is 6.07. The maximum Gasteiger partial charge on any atom is 0.407 e. The van der Waals surface area contributed by atoms with Crippen molar-refractivity contribution in [2.75, 3.05) is 13.7 Å². The molecule has 0 saturated heterocycles. The number of carbonyl (C=O) groups is 1. The van der Waals surface area contributed by atoms with Crippen molar-refractivity contribution in [3.05, 3.63) is 30.1 Å². The predicted octanol–water partition coefficient (Wildman–Crippen LogP) is 0.917. The van der Waals surface area contributed by atoms with Gasteiger partial charge in [0.25, 0.3) is 0 Å². The zero-order chi connectivity index (χ0) is 14.4. The van der Waals surface area contributed by atoms with Crippen LogP contribution in [0.3, 0.4) is 0 Å². The normalized spacial score (nSPS) is 10.1. The molecule has 0 spiro atoms. The van der Waals surface area contributed by atoms with Crippen LogP contribution in [-0.4, -0.2) is 40.0 Å². The van der Waals surface area contributed by atoms with E-state index in [9.17, 15) is 4.79 Å². The third-order valence-corrected chi connectivity index (χ3v) is 2.52. The summed E-state index contributed by atoms with van der Waals surface area (Å²) in [5.74, 6) is 1.25. The Morgan fingerprint density at radius 2 is 2.10 bits per heavy atom. The first-order chi connectivity index (χ1) is 9.74. The van der Waals surface area contributed by atoms with Gasteiger partial charge in [0, 0.05) is 0 Å². The largest absolute Gasteiger partial charge is 0.497 e. The minimum atomic E-state index is -0.503. The molecule has 0 radical (unpaired) electrons. The highest BCUT2D eigenvalue weighted by Gasteiger charge is 2.10. The molecule has 0 aliphatic rings. The molecular weight excluding hydrogens is 262 g/mol. The summed E-state index contributed by atoms with van der Waals surface area (Å²) < 4.78 is 11.4. The third-order valence-electron chi connectivity index (χ3n) is 2.52. The van der Waals surface area contributed by atoms with Crippen molar-refractivity contribution in [1.82, 2.24) is 25.5 Å². The summed E-state index contributed by atoms with van der Waals surface area (Å²) >= 11 is 0. The lowest BCUT2D eigenvalue weighted by atomic mass is 10.3.